The Morgan fingerprint density at radius 2 is 2.00 bits per heavy atom. The average Bonchev–Trinajstić information content (AvgIpc) is 3.44. The molecule has 2 heterocycles. The molecular formula is C21H22N4O4S. The van der Waals surface area contributed by atoms with Crippen LogP contribution in [0.15, 0.2) is 53.9 Å². The lowest BCUT2D eigenvalue weighted by molar-refractivity contribution is -0.128. The highest BCUT2D eigenvalue weighted by atomic mass is 32.2. The van der Waals surface area contributed by atoms with E-state index >= 15 is 0 Å². The second-order valence-electron chi connectivity index (χ2n) is 6.57. The van der Waals surface area contributed by atoms with E-state index in [0.29, 0.717) is 18.2 Å². The minimum Gasteiger partial charge on any atom is -0.497 e. The third-order valence-electron chi connectivity index (χ3n) is 4.74. The van der Waals surface area contributed by atoms with E-state index in [-0.39, 0.29) is 18.5 Å². The van der Waals surface area contributed by atoms with E-state index in [1.165, 1.54) is 11.8 Å². The van der Waals surface area contributed by atoms with Crippen LogP contribution in [0.5, 0.6) is 17.2 Å². The molecule has 9 heteroatoms. The Labute approximate surface area is 178 Å². The summed E-state index contributed by atoms with van der Waals surface area (Å²) in [6.45, 7) is 3.33. The van der Waals surface area contributed by atoms with Crippen molar-refractivity contribution >= 4 is 17.7 Å². The van der Waals surface area contributed by atoms with Crippen LogP contribution in [0.2, 0.25) is 0 Å². The number of carbonyl (C=O) groups is 1. The Bertz CT molecular complexity index is 1020. The van der Waals surface area contributed by atoms with Crippen molar-refractivity contribution in [2.75, 3.05) is 26.2 Å². The van der Waals surface area contributed by atoms with Gasteiger partial charge in [0.15, 0.2) is 16.7 Å². The number of fused-ring (bicyclic) bond motifs is 1. The molecule has 3 aromatic rings. The van der Waals surface area contributed by atoms with Crippen LogP contribution in [0.25, 0.3) is 5.69 Å². The molecule has 0 aliphatic carbocycles. The zero-order valence-electron chi connectivity index (χ0n) is 16.8. The second-order valence-corrected chi connectivity index (χ2v) is 7.51. The number of hydrogen-bond acceptors (Lipinski definition) is 7. The quantitative estimate of drug-likeness (QED) is 0.512. The van der Waals surface area contributed by atoms with E-state index in [1.807, 2.05) is 54.0 Å². The second kappa shape index (κ2) is 9.08. The van der Waals surface area contributed by atoms with Crippen LogP contribution < -0.4 is 14.2 Å². The minimum absolute atomic E-state index is 0.0319. The van der Waals surface area contributed by atoms with Gasteiger partial charge in [-0.1, -0.05) is 17.8 Å². The average molecular weight is 426 g/mol. The van der Waals surface area contributed by atoms with Gasteiger partial charge in [0.05, 0.1) is 12.9 Å². The molecule has 1 aliphatic rings. The van der Waals surface area contributed by atoms with Crippen molar-refractivity contribution in [3.8, 4) is 22.9 Å². The SMILES string of the molecule is CCN(Cc1ccc2c(c1)OCO2)C(=O)CSc1nncn1-c1ccc(OC)cc1. The number of benzene rings is 2. The molecule has 0 spiro atoms. The van der Waals surface area contributed by atoms with Gasteiger partial charge in [0.2, 0.25) is 12.7 Å². The van der Waals surface area contributed by atoms with E-state index in [2.05, 4.69) is 10.2 Å². The van der Waals surface area contributed by atoms with Crippen molar-refractivity contribution in [1.82, 2.24) is 19.7 Å². The molecule has 1 aromatic heterocycles. The van der Waals surface area contributed by atoms with E-state index in [1.54, 1.807) is 18.3 Å². The highest BCUT2D eigenvalue weighted by Crippen LogP contribution is 2.33. The van der Waals surface area contributed by atoms with Gasteiger partial charge >= 0.3 is 0 Å². The first kappa shape index (κ1) is 20.1. The van der Waals surface area contributed by atoms with Crippen LogP contribution in [0.4, 0.5) is 0 Å². The van der Waals surface area contributed by atoms with Crippen molar-refractivity contribution in [1.29, 1.82) is 0 Å². The van der Waals surface area contributed by atoms with Crippen LogP contribution in [-0.4, -0.2) is 51.8 Å². The minimum atomic E-state index is 0.0319. The molecular weight excluding hydrogens is 404 g/mol. The van der Waals surface area contributed by atoms with Crippen LogP contribution in [0, 0.1) is 0 Å². The lowest BCUT2D eigenvalue weighted by atomic mass is 10.2. The normalized spacial score (nSPS) is 12.1. The summed E-state index contributed by atoms with van der Waals surface area (Å²) in [4.78, 5) is 14.6. The van der Waals surface area contributed by atoms with E-state index in [9.17, 15) is 4.79 Å². The van der Waals surface area contributed by atoms with Crippen LogP contribution in [-0.2, 0) is 11.3 Å². The summed E-state index contributed by atoms with van der Waals surface area (Å²) in [6.07, 6.45) is 1.64. The van der Waals surface area contributed by atoms with Gasteiger partial charge in [-0.25, -0.2) is 0 Å². The number of hydrogen-bond donors (Lipinski definition) is 0. The molecule has 30 heavy (non-hydrogen) atoms. The summed E-state index contributed by atoms with van der Waals surface area (Å²) in [6, 6.07) is 13.3. The molecule has 0 N–H and O–H groups in total. The molecule has 4 rings (SSSR count). The lowest BCUT2D eigenvalue weighted by Crippen LogP contribution is -2.31. The van der Waals surface area contributed by atoms with E-state index in [0.717, 1.165) is 28.5 Å². The fourth-order valence-electron chi connectivity index (χ4n) is 3.10. The maximum Gasteiger partial charge on any atom is 0.233 e. The van der Waals surface area contributed by atoms with Crippen molar-refractivity contribution in [2.45, 2.75) is 18.6 Å². The number of ether oxygens (including phenoxy) is 3. The largest absolute Gasteiger partial charge is 0.497 e. The fourth-order valence-corrected chi connectivity index (χ4v) is 3.93. The smallest absolute Gasteiger partial charge is 0.233 e. The number of amides is 1. The van der Waals surface area contributed by atoms with E-state index < -0.39 is 0 Å². The molecule has 8 nitrogen and oxygen atoms in total. The molecule has 0 atom stereocenters. The van der Waals surface area contributed by atoms with Crippen LogP contribution >= 0.6 is 11.8 Å². The van der Waals surface area contributed by atoms with Gasteiger partial charge in [-0.15, -0.1) is 10.2 Å². The van der Waals surface area contributed by atoms with Crippen LogP contribution in [0.3, 0.4) is 0 Å². The topological polar surface area (TPSA) is 78.7 Å². The number of rotatable bonds is 8. The number of carbonyl (C=O) groups excluding carboxylic acids is 1. The third kappa shape index (κ3) is 4.35. The first-order valence-electron chi connectivity index (χ1n) is 9.51. The lowest BCUT2D eigenvalue weighted by Gasteiger charge is -2.21. The Morgan fingerprint density at radius 3 is 2.77 bits per heavy atom. The maximum absolute atomic E-state index is 12.8. The fraction of sp³-hybridized carbons (Fsp3) is 0.286. The summed E-state index contributed by atoms with van der Waals surface area (Å²) in [5.41, 5.74) is 1.91. The zero-order chi connectivity index (χ0) is 20.9. The predicted octanol–water partition coefficient (Wildman–Crippen LogP) is 3.15. The number of aromatic nitrogens is 3. The predicted molar refractivity (Wildman–Crippen MR) is 112 cm³/mol. The van der Waals surface area contributed by atoms with Crippen molar-refractivity contribution < 1.29 is 19.0 Å². The zero-order valence-corrected chi connectivity index (χ0v) is 17.6. The summed E-state index contributed by atoms with van der Waals surface area (Å²) >= 11 is 1.36. The van der Waals surface area contributed by atoms with Gasteiger partial charge in [0.25, 0.3) is 0 Å². The molecule has 1 aliphatic heterocycles. The first-order chi connectivity index (χ1) is 14.7. The van der Waals surface area contributed by atoms with Crippen molar-refractivity contribution in [2.24, 2.45) is 0 Å². The summed E-state index contributed by atoms with van der Waals surface area (Å²) in [7, 11) is 1.63. The highest BCUT2D eigenvalue weighted by molar-refractivity contribution is 7.99. The molecule has 0 fully saturated rings. The molecule has 0 bridgehead atoms. The van der Waals surface area contributed by atoms with Gasteiger partial charge in [0.1, 0.15) is 12.1 Å². The molecule has 2 aromatic carbocycles. The Balaban J connectivity index is 1.39. The molecule has 0 unspecified atom stereocenters. The number of nitrogens with zero attached hydrogens (tertiary/aromatic N) is 4. The molecule has 0 saturated heterocycles. The summed E-state index contributed by atoms with van der Waals surface area (Å²) in [5.74, 6) is 2.54. The summed E-state index contributed by atoms with van der Waals surface area (Å²) in [5, 5.41) is 8.81. The highest BCUT2D eigenvalue weighted by Gasteiger charge is 2.18. The Hall–Kier alpha value is -3.20. The van der Waals surface area contributed by atoms with Gasteiger partial charge in [-0.05, 0) is 48.9 Å². The Morgan fingerprint density at radius 1 is 1.20 bits per heavy atom. The molecule has 156 valence electrons. The van der Waals surface area contributed by atoms with Gasteiger partial charge in [-0.3, -0.25) is 9.36 Å². The molecule has 0 saturated carbocycles. The monoisotopic (exact) mass is 426 g/mol. The van der Waals surface area contributed by atoms with Crippen molar-refractivity contribution in [3.05, 3.63) is 54.4 Å². The number of thioether (sulfide) groups is 1. The molecule has 1 amide bonds. The van der Waals surface area contributed by atoms with Gasteiger partial charge in [0, 0.05) is 18.8 Å². The standard InChI is InChI=1S/C21H22N4O4S/c1-3-24(11-15-4-9-18-19(10-15)29-14-28-18)20(26)12-30-21-23-22-13-25(21)16-5-7-17(27-2)8-6-16/h4-10,13H,3,11-12,14H2,1-2H3. The third-order valence-corrected chi connectivity index (χ3v) is 5.66. The van der Waals surface area contributed by atoms with Gasteiger partial charge < -0.3 is 19.1 Å². The summed E-state index contributed by atoms with van der Waals surface area (Å²) < 4.78 is 17.8. The number of methoxy groups -OCH3 is 1. The van der Waals surface area contributed by atoms with Crippen LogP contribution in [0.1, 0.15) is 12.5 Å². The Kier molecular flexibility index (Phi) is 6.08. The molecule has 0 radical (unpaired) electrons. The van der Waals surface area contributed by atoms with Gasteiger partial charge in [-0.2, -0.15) is 0 Å². The maximum atomic E-state index is 12.8. The first-order valence-corrected chi connectivity index (χ1v) is 10.5. The van der Waals surface area contributed by atoms with Crippen molar-refractivity contribution in [3.63, 3.8) is 0 Å². The van der Waals surface area contributed by atoms with E-state index in [4.69, 9.17) is 14.2 Å².